The van der Waals surface area contributed by atoms with E-state index in [0.29, 0.717) is 12.3 Å². The zero-order valence-electron chi connectivity index (χ0n) is 24.5. The predicted molar refractivity (Wildman–Crippen MR) is 166 cm³/mol. The Kier molecular flexibility index (Phi) is 11.2. The minimum atomic E-state index is -0.444. The number of aryl methyl sites for hydroxylation is 1. The van der Waals surface area contributed by atoms with E-state index in [1.54, 1.807) is 0 Å². The summed E-state index contributed by atoms with van der Waals surface area (Å²) in [6, 6.07) is 22.3. The standard InChI is InChI=1S/C37H46O3/c1-4-7-8-9-27-10-12-29(13-11-27)30-14-16-31(17-15-30)33-20-21-36(28(5-2)24-33)34-19-18-32(22-23-38)35(25-34)26-40-37(39)6-3/h6,14-21,24-25,27,29,38H,3-5,7-13,22-23,26H2,1-2H3. The summed E-state index contributed by atoms with van der Waals surface area (Å²) in [5.74, 6) is 1.20. The molecule has 0 radical (unpaired) electrons. The molecule has 4 rings (SSSR count). The van der Waals surface area contributed by atoms with Crippen LogP contribution in [0.1, 0.15) is 93.4 Å². The fraction of sp³-hybridized carbons (Fsp3) is 0.432. The molecule has 3 aromatic carbocycles. The summed E-state index contributed by atoms with van der Waals surface area (Å²) in [5, 5.41) is 9.49. The number of carbonyl (C=O) groups excluding carboxylic acids is 1. The number of hydrogen-bond acceptors (Lipinski definition) is 3. The van der Waals surface area contributed by atoms with Gasteiger partial charge in [0.2, 0.25) is 0 Å². The first-order chi connectivity index (χ1) is 19.6. The van der Waals surface area contributed by atoms with Crippen molar-refractivity contribution in [3.05, 3.63) is 95.6 Å². The SMILES string of the molecule is C=CC(=O)OCc1cc(-c2ccc(-c3ccc(C4CCC(CCCCC)CC4)cc3)cc2CC)ccc1CCO. The summed E-state index contributed by atoms with van der Waals surface area (Å²) >= 11 is 0. The largest absolute Gasteiger partial charge is 0.458 e. The van der Waals surface area contributed by atoms with Crippen molar-refractivity contribution in [3.8, 4) is 22.3 Å². The van der Waals surface area contributed by atoms with Crippen LogP contribution in [0, 0.1) is 5.92 Å². The lowest BCUT2D eigenvalue weighted by atomic mass is 9.77. The number of benzene rings is 3. The molecule has 1 N–H and O–H groups in total. The molecule has 3 aromatic rings. The molecule has 0 aliphatic heterocycles. The maximum absolute atomic E-state index is 11.7. The maximum atomic E-state index is 11.7. The average molecular weight is 539 g/mol. The summed E-state index contributed by atoms with van der Waals surface area (Å²) in [4.78, 5) is 11.7. The van der Waals surface area contributed by atoms with E-state index in [4.69, 9.17) is 4.74 Å². The van der Waals surface area contributed by atoms with Crippen LogP contribution in [0.25, 0.3) is 22.3 Å². The van der Waals surface area contributed by atoms with E-state index in [1.807, 2.05) is 6.07 Å². The number of aliphatic hydroxyl groups excluding tert-OH is 1. The zero-order valence-corrected chi connectivity index (χ0v) is 24.5. The third kappa shape index (κ3) is 7.73. The van der Waals surface area contributed by atoms with E-state index in [2.05, 4.69) is 75.0 Å². The Balaban J connectivity index is 1.48. The highest BCUT2D eigenvalue weighted by Crippen LogP contribution is 2.38. The first kappa shape index (κ1) is 29.8. The Morgan fingerprint density at radius 1 is 0.875 bits per heavy atom. The molecule has 40 heavy (non-hydrogen) atoms. The summed E-state index contributed by atoms with van der Waals surface area (Å²) < 4.78 is 5.33. The summed E-state index contributed by atoms with van der Waals surface area (Å²) in [5.41, 5.74) is 9.46. The van der Waals surface area contributed by atoms with Crippen molar-refractivity contribution in [1.29, 1.82) is 0 Å². The van der Waals surface area contributed by atoms with E-state index in [9.17, 15) is 9.90 Å². The molecule has 0 atom stereocenters. The lowest BCUT2D eigenvalue weighted by Gasteiger charge is -2.29. The first-order valence-electron chi connectivity index (χ1n) is 15.3. The van der Waals surface area contributed by atoms with Crippen molar-refractivity contribution in [2.45, 2.75) is 90.6 Å². The molecule has 0 bridgehead atoms. The van der Waals surface area contributed by atoms with Crippen molar-refractivity contribution in [2.75, 3.05) is 6.61 Å². The van der Waals surface area contributed by atoms with Crippen LogP contribution in [0.4, 0.5) is 0 Å². The minimum Gasteiger partial charge on any atom is -0.458 e. The fourth-order valence-corrected chi connectivity index (χ4v) is 6.26. The molecule has 212 valence electrons. The van der Waals surface area contributed by atoms with Crippen LogP contribution in [-0.2, 0) is 29.0 Å². The lowest BCUT2D eigenvalue weighted by molar-refractivity contribution is -0.138. The molecule has 0 amide bonds. The molecule has 0 heterocycles. The summed E-state index contributed by atoms with van der Waals surface area (Å²) in [6.07, 6.45) is 13.6. The second-order valence-electron chi connectivity index (χ2n) is 11.3. The second-order valence-corrected chi connectivity index (χ2v) is 11.3. The Morgan fingerprint density at radius 2 is 1.57 bits per heavy atom. The topological polar surface area (TPSA) is 46.5 Å². The van der Waals surface area contributed by atoms with Crippen LogP contribution < -0.4 is 0 Å². The van der Waals surface area contributed by atoms with Gasteiger partial charge in [-0.15, -0.1) is 0 Å². The molecule has 1 aliphatic rings. The number of carbonyl (C=O) groups is 1. The quantitative estimate of drug-likeness (QED) is 0.134. The molecule has 3 heteroatoms. The van der Waals surface area contributed by atoms with Gasteiger partial charge < -0.3 is 9.84 Å². The zero-order chi connectivity index (χ0) is 28.3. The van der Waals surface area contributed by atoms with Crippen LogP contribution >= 0.6 is 0 Å². The van der Waals surface area contributed by atoms with E-state index in [-0.39, 0.29) is 13.2 Å². The van der Waals surface area contributed by atoms with Crippen molar-refractivity contribution >= 4 is 5.97 Å². The van der Waals surface area contributed by atoms with Crippen molar-refractivity contribution in [1.82, 2.24) is 0 Å². The van der Waals surface area contributed by atoms with Crippen LogP contribution in [0.3, 0.4) is 0 Å². The van der Waals surface area contributed by atoms with Gasteiger partial charge in [-0.05, 0) is 101 Å². The Morgan fingerprint density at radius 3 is 2.25 bits per heavy atom. The molecule has 0 spiro atoms. The Bertz CT molecular complexity index is 1250. The number of hydrogen-bond donors (Lipinski definition) is 1. The Labute approximate surface area is 241 Å². The molecule has 0 saturated heterocycles. The minimum absolute atomic E-state index is 0.0513. The van der Waals surface area contributed by atoms with Gasteiger partial charge >= 0.3 is 5.97 Å². The molecule has 1 fully saturated rings. The third-order valence-corrected chi connectivity index (χ3v) is 8.70. The van der Waals surface area contributed by atoms with E-state index < -0.39 is 5.97 Å². The molecule has 0 unspecified atom stereocenters. The van der Waals surface area contributed by atoms with Gasteiger partial charge in [-0.3, -0.25) is 0 Å². The highest BCUT2D eigenvalue weighted by molar-refractivity contribution is 5.81. The summed E-state index contributed by atoms with van der Waals surface area (Å²) in [6.45, 7) is 8.18. The van der Waals surface area contributed by atoms with Crippen LogP contribution in [0.15, 0.2) is 73.3 Å². The monoisotopic (exact) mass is 538 g/mol. The Hall–Kier alpha value is -3.17. The van der Waals surface area contributed by atoms with Gasteiger partial charge in [0, 0.05) is 12.7 Å². The fourth-order valence-electron chi connectivity index (χ4n) is 6.26. The molecule has 0 aromatic heterocycles. The van der Waals surface area contributed by atoms with Gasteiger partial charge in [0.15, 0.2) is 0 Å². The number of rotatable bonds is 13. The highest BCUT2D eigenvalue weighted by atomic mass is 16.5. The van der Waals surface area contributed by atoms with Crippen LogP contribution in [0.5, 0.6) is 0 Å². The number of ether oxygens (including phenoxy) is 1. The molecule has 1 aliphatic carbocycles. The molecule has 1 saturated carbocycles. The number of unbranched alkanes of at least 4 members (excludes halogenated alkanes) is 2. The highest BCUT2D eigenvalue weighted by Gasteiger charge is 2.22. The van der Waals surface area contributed by atoms with Crippen LogP contribution in [-0.4, -0.2) is 17.7 Å². The van der Waals surface area contributed by atoms with E-state index >= 15 is 0 Å². The summed E-state index contributed by atoms with van der Waals surface area (Å²) in [7, 11) is 0. The van der Waals surface area contributed by atoms with Gasteiger partial charge in [-0.25, -0.2) is 4.79 Å². The van der Waals surface area contributed by atoms with E-state index in [0.717, 1.165) is 29.0 Å². The van der Waals surface area contributed by atoms with Gasteiger partial charge in [0.05, 0.1) is 0 Å². The second kappa shape index (κ2) is 15.0. The smallest absolute Gasteiger partial charge is 0.330 e. The predicted octanol–water partition coefficient (Wildman–Crippen LogP) is 9.20. The normalized spacial score (nSPS) is 17.0. The molecular weight excluding hydrogens is 492 g/mol. The van der Waals surface area contributed by atoms with Crippen molar-refractivity contribution < 1.29 is 14.6 Å². The van der Waals surface area contributed by atoms with Crippen LogP contribution in [0.2, 0.25) is 0 Å². The number of esters is 1. The first-order valence-corrected chi connectivity index (χ1v) is 15.3. The van der Waals surface area contributed by atoms with Gasteiger partial charge in [0.25, 0.3) is 0 Å². The third-order valence-electron chi connectivity index (χ3n) is 8.70. The molecule has 3 nitrogen and oxygen atoms in total. The van der Waals surface area contributed by atoms with Crippen molar-refractivity contribution in [2.24, 2.45) is 5.92 Å². The maximum Gasteiger partial charge on any atom is 0.330 e. The van der Waals surface area contributed by atoms with Crippen molar-refractivity contribution in [3.63, 3.8) is 0 Å². The van der Waals surface area contributed by atoms with Gasteiger partial charge in [-0.2, -0.15) is 0 Å². The average Bonchev–Trinajstić information content (AvgIpc) is 3.00. The van der Waals surface area contributed by atoms with Gasteiger partial charge in [0.1, 0.15) is 6.61 Å². The number of aliphatic hydroxyl groups is 1. The van der Waals surface area contributed by atoms with E-state index in [1.165, 1.54) is 85.3 Å². The van der Waals surface area contributed by atoms with Gasteiger partial charge in [-0.1, -0.05) is 101 Å². The lowest BCUT2D eigenvalue weighted by Crippen LogP contribution is -2.13. The molecular formula is C37H46O3.